The highest BCUT2D eigenvalue weighted by Gasteiger charge is 1.74. The zero-order chi connectivity index (χ0) is 6.24. The lowest BCUT2D eigenvalue weighted by Crippen LogP contribution is -1.86. The van der Waals surface area contributed by atoms with E-state index in [4.69, 9.17) is 5.50 Å². The minimum Gasteiger partial charge on any atom is -0.269 e. The molecule has 0 bridgehead atoms. The van der Waals surface area contributed by atoms with Gasteiger partial charge in [-0.15, -0.1) is 0 Å². The van der Waals surface area contributed by atoms with Crippen LogP contribution in [0.5, 0.6) is 0 Å². The van der Waals surface area contributed by atoms with E-state index < -0.39 is 0 Å². The Morgan fingerprint density at radius 2 is 2.50 bits per heavy atom. The first kappa shape index (κ1) is 9.27. The van der Waals surface area contributed by atoms with Gasteiger partial charge in [0, 0.05) is 8.88 Å². The van der Waals surface area contributed by atoms with Gasteiger partial charge in [0.05, 0.1) is 17.4 Å². The zero-order valence-electron chi connectivity index (χ0n) is 4.05. The Morgan fingerprint density at radius 1 is 1.75 bits per heavy atom. The number of nitrogens with zero attached hydrogens (tertiary/aromatic N) is 1. The van der Waals surface area contributed by atoms with Gasteiger partial charge in [-0.1, -0.05) is 9.39 Å². The van der Waals surface area contributed by atoms with Gasteiger partial charge in [-0.3, -0.25) is 10.4 Å². The first-order valence-electron chi connectivity index (χ1n) is 1.72. The summed E-state index contributed by atoms with van der Waals surface area (Å²) in [5.74, 6) is 0. The lowest BCUT2D eigenvalue weighted by atomic mass is 13.8. The van der Waals surface area contributed by atoms with Crippen molar-refractivity contribution in [3.05, 3.63) is 0 Å². The quantitative estimate of drug-likeness (QED) is 0.455. The van der Waals surface area contributed by atoms with E-state index >= 15 is 0 Å². The lowest BCUT2D eigenvalue weighted by Gasteiger charge is -1.94. The van der Waals surface area contributed by atoms with Crippen molar-refractivity contribution in [3.8, 4) is 0 Å². The Morgan fingerprint density at radius 3 is 3.00 bits per heavy atom. The third-order valence-corrected chi connectivity index (χ3v) is 2.68. The van der Waals surface area contributed by atoms with Crippen LogP contribution in [0.15, 0.2) is 4.52 Å². The van der Waals surface area contributed by atoms with Crippen molar-refractivity contribution >= 4 is 35.7 Å². The van der Waals surface area contributed by atoms with Crippen LogP contribution in [0, 0.1) is 0 Å². The van der Waals surface area contributed by atoms with Crippen LogP contribution in [0.4, 0.5) is 0 Å². The molecular formula is H8N4P4. The zero-order valence-corrected chi connectivity index (χ0v) is 8.10. The average Bonchev–Trinajstić information content (AvgIpc) is 1.81. The van der Waals surface area contributed by atoms with Crippen LogP contribution in [-0.4, -0.2) is 0 Å². The maximum Gasteiger partial charge on any atom is 0.0924 e. The van der Waals surface area contributed by atoms with Gasteiger partial charge in [-0.2, -0.15) is 0 Å². The predicted octanol–water partition coefficient (Wildman–Crippen LogP) is 0.976. The van der Waals surface area contributed by atoms with E-state index in [1.807, 2.05) is 0 Å². The van der Waals surface area contributed by atoms with E-state index in [9.17, 15) is 0 Å². The summed E-state index contributed by atoms with van der Waals surface area (Å²) in [7, 11) is 3.96. The fraction of sp³-hybridized carbons (Fsp3) is 0. The summed E-state index contributed by atoms with van der Waals surface area (Å²) >= 11 is 0. The van der Waals surface area contributed by atoms with E-state index in [0.717, 1.165) is 0 Å². The van der Waals surface area contributed by atoms with Crippen molar-refractivity contribution in [2.75, 3.05) is 0 Å². The maximum absolute atomic E-state index is 5.06. The van der Waals surface area contributed by atoms with Crippen LogP contribution in [0.2, 0.25) is 0 Å². The maximum atomic E-state index is 5.06. The molecular weight excluding hydrogens is 180 g/mol. The molecule has 3 unspecified atom stereocenters. The smallest absolute Gasteiger partial charge is 0.0924 e. The van der Waals surface area contributed by atoms with Crippen molar-refractivity contribution < 1.29 is 0 Å². The minimum absolute atomic E-state index is 0.413. The van der Waals surface area contributed by atoms with Crippen molar-refractivity contribution in [1.82, 2.24) is 9.72 Å². The Hall–Kier alpha value is 1.27. The summed E-state index contributed by atoms with van der Waals surface area (Å²) in [4.78, 5) is 5.87. The molecule has 0 aromatic rings. The standard InChI is InChI=1S/H8N4P4/c1-6-3-8-4-7-2-5/h2,4,7-8H,5H2,(H2,1,3). The third-order valence-electron chi connectivity index (χ3n) is 0.298. The first-order valence-corrected chi connectivity index (χ1v) is 5.16. The van der Waals surface area contributed by atoms with Gasteiger partial charge in [0.2, 0.25) is 0 Å². The number of nitrogens with two attached hydrogens (primary N) is 1. The molecule has 0 aromatic carbocycles. The second kappa shape index (κ2) is 8.27. The molecule has 4 nitrogen and oxygen atoms in total. The lowest BCUT2D eigenvalue weighted by molar-refractivity contribution is 1.58. The molecule has 0 radical (unpaired) electrons. The molecule has 3 atom stereocenters. The molecule has 0 spiro atoms. The van der Waals surface area contributed by atoms with Crippen molar-refractivity contribution in [3.63, 3.8) is 0 Å². The number of hydrogen-bond acceptors (Lipinski definition) is 3. The molecule has 0 fully saturated rings. The molecule has 0 aromatic heterocycles. The van der Waals surface area contributed by atoms with Gasteiger partial charge >= 0.3 is 0 Å². The van der Waals surface area contributed by atoms with Gasteiger partial charge < -0.3 is 0 Å². The molecule has 0 saturated heterocycles. The molecule has 8 heavy (non-hydrogen) atoms. The van der Waals surface area contributed by atoms with E-state index in [1.54, 1.807) is 0 Å². The highest BCUT2D eigenvalue weighted by molar-refractivity contribution is 7.55. The Bertz CT molecular complexity index is 61.1. The second-order valence-corrected chi connectivity index (χ2v) is 4.38. The highest BCUT2D eigenvalue weighted by atomic mass is 31.2. The Kier molecular flexibility index (Phi) is 9.58. The minimum atomic E-state index is 0.413. The largest absolute Gasteiger partial charge is 0.269 e. The van der Waals surface area contributed by atoms with Crippen LogP contribution >= 0.6 is 35.7 Å². The second-order valence-electron chi connectivity index (χ2n) is 0.722. The molecule has 0 amide bonds. The number of hydrogen-bond donors (Lipinski definition) is 3. The summed E-state index contributed by atoms with van der Waals surface area (Å²) in [5.41, 5.74) is 5.06. The molecule has 48 valence electrons. The summed E-state index contributed by atoms with van der Waals surface area (Å²) in [6, 6.07) is 0. The molecule has 0 saturated carbocycles. The highest BCUT2D eigenvalue weighted by Crippen LogP contribution is 2.16. The number of nitrogens with one attached hydrogen (secondary N) is 2. The summed E-state index contributed by atoms with van der Waals surface area (Å²) in [6.45, 7) is 0. The predicted molar refractivity (Wildman–Crippen MR) is 46.1 cm³/mol. The van der Waals surface area contributed by atoms with Gasteiger partial charge in [0.25, 0.3) is 0 Å². The number of rotatable bonds is 4. The van der Waals surface area contributed by atoms with Gasteiger partial charge in [-0.05, 0) is 0 Å². The van der Waals surface area contributed by atoms with Crippen LogP contribution in [0.1, 0.15) is 0 Å². The van der Waals surface area contributed by atoms with Crippen molar-refractivity contribution in [2.45, 2.75) is 0 Å². The van der Waals surface area contributed by atoms with Crippen LogP contribution in [-0.2, 0) is 0 Å². The fourth-order valence-corrected chi connectivity index (χ4v) is 2.16. The summed E-state index contributed by atoms with van der Waals surface area (Å²) in [6.07, 6.45) is 0. The van der Waals surface area contributed by atoms with Crippen LogP contribution in [0.3, 0.4) is 0 Å². The fourth-order valence-electron chi connectivity index (χ4n) is 0.118. The van der Waals surface area contributed by atoms with E-state index in [1.165, 1.54) is 0 Å². The molecule has 0 aliphatic carbocycles. The van der Waals surface area contributed by atoms with E-state index in [0.29, 0.717) is 26.3 Å². The normalized spacial score (nSPS) is 13.8. The summed E-state index contributed by atoms with van der Waals surface area (Å²) < 4.78 is 3.83. The van der Waals surface area contributed by atoms with Gasteiger partial charge in [-0.25, -0.2) is 9.37 Å². The van der Waals surface area contributed by atoms with Crippen LogP contribution < -0.4 is 15.2 Å². The first-order chi connectivity index (χ1) is 3.91. The SMILES string of the molecule is NP=NPNPNP. The molecule has 4 N–H and O–H groups in total. The summed E-state index contributed by atoms with van der Waals surface area (Å²) in [5, 5.41) is 0. The van der Waals surface area contributed by atoms with E-state index in [2.05, 4.69) is 23.6 Å². The van der Waals surface area contributed by atoms with Crippen LogP contribution in [0.25, 0.3) is 0 Å². The average molecular weight is 188 g/mol. The molecule has 8 heteroatoms. The van der Waals surface area contributed by atoms with Gasteiger partial charge in [0.1, 0.15) is 0 Å². The topological polar surface area (TPSA) is 62.4 Å². The Labute approximate surface area is 56.1 Å². The Balaban J connectivity index is 2.72. The molecule has 0 heterocycles. The van der Waals surface area contributed by atoms with Crippen molar-refractivity contribution in [1.29, 1.82) is 0 Å². The molecule has 0 rings (SSSR count). The molecule has 0 aliphatic rings. The third kappa shape index (κ3) is 7.27. The van der Waals surface area contributed by atoms with Crippen molar-refractivity contribution in [2.24, 2.45) is 10.0 Å². The van der Waals surface area contributed by atoms with E-state index in [-0.39, 0.29) is 0 Å². The molecule has 0 aliphatic heterocycles. The monoisotopic (exact) mass is 188 g/mol. The van der Waals surface area contributed by atoms with Gasteiger partial charge in [0.15, 0.2) is 0 Å².